The summed E-state index contributed by atoms with van der Waals surface area (Å²) in [5.74, 6) is 2.40. The molecule has 0 aliphatic carbocycles. The fourth-order valence-corrected chi connectivity index (χ4v) is 5.27. The number of ether oxygens (including phenoxy) is 4. The van der Waals surface area contributed by atoms with Crippen LogP contribution in [0.2, 0.25) is 0 Å². The number of nitrogens with zero attached hydrogens (tertiary/aromatic N) is 4. The lowest BCUT2D eigenvalue weighted by Crippen LogP contribution is -2.37. The van der Waals surface area contributed by atoms with Crippen molar-refractivity contribution < 1.29 is 31.9 Å². The van der Waals surface area contributed by atoms with E-state index in [1.807, 2.05) is 18.2 Å². The van der Waals surface area contributed by atoms with Crippen LogP contribution < -0.4 is 24.4 Å². The van der Waals surface area contributed by atoms with Crippen molar-refractivity contribution in [2.45, 2.75) is 6.42 Å². The average Bonchev–Trinajstić information content (AvgIpc) is 3.65. The van der Waals surface area contributed by atoms with Crippen molar-refractivity contribution in [1.82, 2.24) is 15.0 Å². The van der Waals surface area contributed by atoms with Gasteiger partial charge in [-0.15, -0.1) is 11.3 Å². The maximum absolute atomic E-state index is 9.19. The minimum Gasteiger partial charge on any atom is -0.493 e. The highest BCUT2D eigenvalue weighted by atomic mass is 32.2. The quantitative estimate of drug-likeness (QED) is 0.242. The second kappa shape index (κ2) is 14.4. The molecule has 0 atom stereocenters. The lowest BCUT2D eigenvalue weighted by Gasteiger charge is -2.27. The van der Waals surface area contributed by atoms with Gasteiger partial charge < -0.3 is 29.2 Å². The van der Waals surface area contributed by atoms with E-state index in [-0.39, 0.29) is 6.01 Å². The number of hydrogen-bond donors (Lipinski definition) is 2. The summed E-state index contributed by atoms with van der Waals surface area (Å²) in [6.07, 6.45) is 1.38. The number of aromatic nitrogens is 3. The zero-order valence-corrected chi connectivity index (χ0v) is 25.2. The summed E-state index contributed by atoms with van der Waals surface area (Å²) in [5.41, 5.74) is 4.30. The Kier molecular flexibility index (Phi) is 10.7. The van der Waals surface area contributed by atoms with Crippen LogP contribution in [-0.4, -0.2) is 81.3 Å². The number of morpholine rings is 1. The van der Waals surface area contributed by atoms with Crippen LogP contribution in [0.4, 0.5) is 17.6 Å². The smallest absolute Gasteiger partial charge is 0.323 e. The number of methoxy groups -OCH3 is 2. The third-order valence-corrected chi connectivity index (χ3v) is 7.13. The molecule has 0 unspecified atom stereocenters. The predicted octanol–water partition coefficient (Wildman–Crippen LogP) is 4.38. The van der Waals surface area contributed by atoms with Gasteiger partial charge in [0.2, 0.25) is 11.9 Å². The topological polar surface area (TPSA) is 145 Å². The molecular weight excluding hydrogens is 591 g/mol. The molecule has 0 saturated carbocycles. The summed E-state index contributed by atoms with van der Waals surface area (Å²) >= 11 is 3.30. The van der Waals surface area contributed by atoms with Gasteiger partial charge in [0.25, 0.3) is 10.1 Å². The van der Waals surface area contributed by atoms with Gasteiger partial charge in [-0.3, -0.25) is 4.55 Å². The Balaban J connectivity index is 0.000000714. The molecule has 2 N–H and O–H groups in total. The van der Waals surface area contributed by atoms with Crippen molar-refractivity contribution in [2.24, 2.45) is 0 Å². The Labute approximate surface area is 246 Å². The molecule has 1 fully saturated rings. The molecule has 15 heteroatoms. The number of hydrogen-bond acceptors (Lipinski definition) is 13. The fraction of sp³-hybridized carbons (Fsp3) is 0.346. The Morgan fingerprint density at radius 2 is 1.78 bits per heavy atom. The summed E-state index contributed by atoms with van der Waals surface area (Å²) in [4.78, 5) is 15.9. The Hall–Kier alpha value is -3.50. The van der Waals surface area contributed by atoms with Gasteiger partial charge in [0.1, 0.15) is 0 Å². The normalized spacial score (nSPS) is 13.2. The van der Waals surface area contributed by atoms with E-state index in [1.165, 1.54) is 0 Å². The molecule has 41 heavy (non-hydrogen) atoms. The maximum Gasteiger partial charge on any atom is 0.323 e. The predicted molar refractivity (Wildman–Crippen MR) is 160 cm³/mol. The lowest BCUT2D eigenvalue weighted by molar-refractivity contribution is 0.122. The molecule has 4 heterocycles. The summed E-state index contributed by atoms with van der Waals surface area (Å²) in [6.45, 7) is 3.11. The number of thiophene rings is 2. The first kappa shape index (κ1) is 30.5. The highest BCUT2D eigenvalue weighted by molar-refractivity contribution is 7.85. The van der Waals surface area contributed by atoms with Crippen LogP contribution in [0.5, 0.6) is 17.5 Å². The van der Waals surface area contributed by atoms with Crippen LogP contribution in [0.25, 0.3) is 11.1 Å². The molecule has 0 amide bonds. The van der Waals surface area contributed by atoms with E-state index in [2.05, 4.69) is 47.8 Å². The highest BCUT2D eigenvalue weighted by Crippen LogP contribution is 2.35. The Morgan fingerprint density at radius 1 is 1.02 bits per heavy atom. The third-order valence-electron chi connectivity index (χ3n) is 5.71. The van der Waals surface area contributed by atoms with E-state index in [1.54, 1.807) is 36.9 Å². The first-order valence-corrected chi connectivity index (χ1v) is 16.2. The van der Waals surface area contributed by atoms with E-state index < -0.39 is 10.1 Å². The zero-order valence-electron chi connectivity index (χ0n) is 22.8. The van der Waals surface area contributed by atoms with Crippen molar-refractivity contribution in [3.63, 3.8) is 0 Å². The van der Waals surface area contributed by atoms with Crippen molar-refractivity contribution in [3.8, 4) is 28.6 Å². The van der Waals surface area contributed by atoms with Gasteiger partial charge in [0.15, 0.2) is 11.5 Å². The molecule has 0 bridgehead atoms. The number of anilines is 3. The van der Waals surface area contributed by atoms with Gasteiger partial charge >= 0.3 is 6.01 Å². The number of nitrogens with one attached hydrogen (secondary N) is 1. The molecule has 3 aromatic heterocycles. The summed E-state index contributed by atoms with van der Waals surface area (Å²) in [5, 5.41) is 11.8. The van der Waals surface area contributed by atoms with Gasteiger partial charge in [-0.1, -0.05) is 6.07 Å². The van der Waals surface area contributed by atoms with Gasteiger partial charge in [-0.05, 0) is 40.1 Å². The minimum atomic E-state index is -3.67. The Morgan fingerprint density at radius 3 is 2.46 bits per heavy atom. The summed E-state index contributed by atoms with van der Waals surface area (Å²) in [6, 6.07) is 8.22. The van der Waals surface area contributed by atoms with Crippen molar-refractivity contribution in [1.29, 1.82) is 0 Å². The molecule has 1 aliphatic rings. The fourth-order valence-electron chi connectivity index (χ4n) is 3.82. The molecule has 1 aromatic carbocycles. The largest absolute Gasteiger partial charge is 0.493 e. The standard InChI is InChI=1S/C25H27N5O4S2.CH4O3S/c1-31-21-4-3-17(13-22(21)32-2)5-9-34-25-28-23(27-24(29-25)30-7-10-33-11-8-30)26-20-16-36-15-19(20)18-6-12-35-14-18;1-5(2,3)4/h3-4,6,12-16H,5,7-11H2,1-2H3,(H,26,27,28,29);1H3,(H,2,3,4). The second-order valence-electron chi connectivity index (χ2n) is 8.70. The first-order valence-electron chi connectivity index (χ1n) is 12.4. The first-order chi connectivity index (χ1) is 19.7. The van der Waals surface area contributed by atoms with Crippen LogP contribution in [0.3, 0.4) is 0 Å². The van der Waals surface area contributed by atoms with Crippen LogP contribution in [0, 0.1) is 0 Å². The number of benzene rings is 1. The molecule has 0 radical (unpaired) electrons. The SMILES string of the molecule is COc1ccc(CCOc2nc(Nc3cscc3-c3ccsc3)nc(N3CCOCC3)n2)cc1OC.CS(=O)(=O)O. The molecular formula is C26H31N5O7S3. The van der Waals surface area contributed by atoms with Crippen molar-refractivity contribution in [3.05, 3.63) is 51.3 Å². The number of rotatable bonds is 10. The Bertz CT molecular complexity index is 1500. The molecule has 220 valence electrons. The average molecular weight is 622 g/mol. The van der Waals surface area contributed by atoms with Crippen LogP contribution in [-0.2, 0) is 21.3 Å². The highest BCUT2D eigenvalue weighted by Gasteiger charge is 2.18. The maximum atomic E-state index is 9.19. The van der Waals surface area contributed by atoms with Gasteiger partial charge in [-0.2, -0.15) is 34.7 Å². The van der Waals surface area contributed by atoms with E-state index >= 15 is 0 Å². The molecule has 12 nitrogen and oxygen atoms in total. The van der Waals surface area contributed by atoms with Crippen molar-refractivity contribution in [2.75, 3.05) is 63.6 Å². The van der Waals surface area contributed by atoms with E-state index in [0.717, 1.165) is 22.4 Å². The van der Waals surface area contributed by atoms with Gasteiger partial charge in [-0.25, -0.2) is 0 Å². The molecule has 5 rings (SSSR count). The zero-order chi connectivity index (χ0) is 29.2. The van der Waals surface area contributed by atoms with Gasteiger partial charge in [0.05, 0.1) is 46.0 Å². The third kappa shape index (κ3) is 9.26. The van der Waals surface area contributed by atoms with Gasteiger partial charge in [0, 0.05) is 35.8 Å². The second-order valence-corrected chi connectivity index (χ2v) is 11.7. The van der Waals surface area contributed by atoms with Crippen LogP contribution in [0.15, 0.2) is 45.8 Å². The van der Waals surface area contributed by atoms with E-state index in [9.17, 15) is 8.42 Å². The molecule has 1 saturated heterocycles. The summed E-state index contributed by atoms with van der Waals surface area (Å²) < 4.78 is 48.1. The van der Waals surface area contributed by atoms with E-state index in [0.29, 0.717) is 69.0 Å². The lowest BCUT2D eigenvalue weighted by atomic mass is 10.1. The van der Waals surface area contributed by atoms with Crippen molar-refractivity contribution >= 4 is 50.4 Å². The van der Waals surface area contributed by atoms with Crippen LogP contribution >= 0.6 is 22.7 Å². The molecule has 1 aliphatic heterocycles. The van der Waals surface area contributed by atoms with Crippen LogP contribution in [0.1, 0.15) is 5.56 Å². The molecule has 0 spiro atoms. The molecule has 4 aromatic rings. The minimum absolute atomic E-state index is 0.279. The summed E-state index contributed by atoms with van der Waals surface area (Å²) in [7, 11) is -0.416. The van der Waals surface area contributed by atoms with E-state index in [4.69, 9.17) is 28.5 Å². The monoisotopic (exact) mass is 621 g/mol.